The van der Waals surface area contributed by atoms with Gasteiger partial charge >= 0.3 is 0 Å². The van der Waals surface area contributed by atoms with Crippen LogP contribution in [0.15, 0.2) is 35.3 Å². The molecule has 27 heavy (non-hydrogen) atoms. The quantitative estimate of drug-likeness (QED) is 0.416. The van der Waals surface area contributed by atoms with E-state index in [0.717, 1.165) is 38.4 Å². The summed E-state index contributed by atoms with van der Waals surface area (Å²) in [5.41, 5.74) is 1.43. The van der Waals surface area contributed by atoms with E-state index in [9.17, 15) is 4.79 Å². The smallest absolute Gasteiger partial charge is 0.241 e. The van der Waals surface area contributed by atoms with Crippen molar-refractivity contribution in [2.45, 2.75) is 32.6 Å². The second-order valence-electron chi connectivity index (χ2n) is 6.93. The Hall–Kier alpha value is -2.08. The van der Waals surface area contributed by atoms with Crippen LogP contribution in [-0.2, 0) is 9.53 Å². The third-order valence-electron chi connectivity index (χ3n) is 5.12. The lowest BCUT2D eigenvalue weighted by atomic mass is 9.79. The lowest BCUT2D eigenvalue weighted by Crippen LogP contribution is -2.48. The summed E-state index contributed by atoms with van der Waals surface area (Å²) in [4.78, 5) is 18.8. The number of rotatable bonds is 8. The summed E-state index contributed by atoms with van der Waals surface area (Å²) in [7, 11) is 1.62. The molecule has 1 amide bonds. The summed E-state index contributed by atoms with van der Waals surface area (Å²) >= 11 is 0. The van der Waals surface area contributed by atoms with Crippen molar-refractivity contribution in [3.8, 4) is 0 Å². The predicted octanol–water partition coefficient (Wildman–Crippen LogP) is 2.23. The third kappa shape index (κ3) is 6.54. The molecule has 2 rings (SSSR count). The van der Waals surface area contributed by atoms with Gasteiger partial charge in [0.05, 0.1) is 6.61 Å². The van der Waals surface area contributed by atoms with E-state index in [1.807, 2.05) is 0 Å². The van der Waals surface area contributed by atoms with E-state index in [4.69, 9.17) is 4.74 Å². The van der Waals surface area contributed by atoms with Gasteiger partial charge in [0.15, 0.2) is 5.96 Å². The second kappa shape index (κ2) is 11.6. The van der Waals surface area contributed by atoms with E-state index < -0.39 is 0 Å². The van der Waals surface area contributed by atoms with Crippen molar-refractivity contribution in [2.24, 2.45) is 10.9 Å². The first-order valence-electron chi connectivity index (χ1n) is 10.0. The molecule has 0 spiro atoms. The first kappa shape index (κ1) is 21.2. The minimum Gasteiger partial charge on any atom is -0.383 e. The van der Waals surface area contributed by atoms with Crippen LogP contribution >= 0.6 is 0 Å². The first-order valence-corrected chi connectivity index (χ1v) is 10.0. The van der Waals surface area contributed by atoms with E-state index in [1.54, 1.807) is 7.11 Å². The average molecular weight is 375 g/mol. The fraction of sp³-hybridized carbons (Fsp3) is 0.619. The summed E-state index contributed by atoms with van der Waals surface area (Å²) in [5, 5.41) is 6.16. The Balaban J connectivity index is 1.99. The molecule has 2 N–H and O–H groups in total. The molecule has 1 aromatic carbocycles. The van der Waals surface area contributed by atoms with Gasteiger partial charge in [-0.05, 0) is 30.7 Å². The number of carbonyl (C=O) groups is 1. The number of carbonyl (C=O) groups excluding carboxylic acids is 1. The second-order valence-corrected chi connectivity index (χ2v) is 6.93. The van der Waals surface area contributed by atoms with Gasteiger partial charge in [-0.15, -0.1) is 0 Å². The highest BCUT2D eigenvalue weighted by Gasteiger charge is 2.30. The topological polar surface area (TPSA) is 66.0 Å². The number of hydrogen-bond donors (Lipinski definition) is 2. The van der Waals surface area contributed by atoms with Crippen LogP contribution in [0.4, 0.5) is 0 Å². The number of nitrogens with zero attached hydrogens (tertiary/aromatic N) is 2. The van der Waals surface area contributed by atoms with Crippen LogP contribution in [-0.4, -0.2) is 63.2 Å². The van der Waals surface area contributed by atoms with Crippen LogP contribution in [0, 0.1) is 5.92 Å². The molecule has 0 aliphatic carbocycles. The molecule has 1 aromatic rings. The highest BCUT2D eigenvalue weighted by atomic mass is 16.5. The lowest BCUT2D eigenvalue weighted by molar-refractivity contribution is -0.119. The average Bonchev–Trinajstić information content (AvgIpc) is 2.71. The highest BCUT2D eigenvalue weighted by Crippen LogP contribution is 2.34. The molecule has 6 nitrogen and oxygen atoms in total. The molecule has 1 aliphatic heterocycles. The zero-order valence-corrected chi connectivity index (χ0v) is 16.9. The Kier molecular flexibility index (Phi) is 9.11. The van der Waals surface area contributed by atoms with Crippen LogP contribution in [0.1, 0.15) is 38.2 Å². The summed E-state index contributed by atoms with van der Waals surface area (Å²) in [6, 6.07) is 10.8. The van der Waals surface area contributed by atoms with Crippen molar-refractivity contribution < 1.29 is 9.53 Å². The number of methoxy groups -OCH3 is 1. The summed E-state index contributed by atoms with van der Waals surface area (Å²) in [6.45, 7) is 8.20. The number of hydrogen-bond acceptors (Lipinski definition) is 3. The number of ether oxygens (including phenoxy) is 1. The minimum absolute atomic E-state index is 0.0753. The summed E-state index contributed by atoms with van der Waals surface area (Å²) < 4.78 is 4.95. The highest BCUT2D eigenvalue weighted by molar-refractivity contribution is 5.85. The largest absolute Gasteiger partial charge is 0.383 e. The van der Waals surface area contributed by atoms with Crippen LogP contribution in [0.2, 0.25) is 0 Å². The van der Waals surface area contributed by atoms with Crippen molar-refractivity contribution in [2.75, 3.05) is 46.4 Å². The molecule has 6 heteroatoms. The van der Waals surface area contributed by atoms with E-state index in [-0.39, 0.29) is 12.5 Å². The standard InChI is InChI=1S/C21H34N4O2/c1-4-17-16-25(13-11-19(17)18-9-7-6-8-10-18)21(22-5-2)24-15-20(26)23-12-14-27-3/h6-10,17,19H,4-5,11-16H2,1-3H3,(H,22,24)(H,23,26). The van der Waals surface area contributed by atoms with Gasteiger partial charge in [0, 0.05) is 33.3 Å². The molecular formula is C21H34N4O2. The van der Waals surface area contributed by atoms with Crippen LogP contribution in [0.3, 0.4) is 0 Å². The zero-order valence-electron chi connectivity index (χ0n) is 16.9. The first-order chi connectivity index (χ1) is 13.2. The number of piperidine rings is 1. The lowest BCUT2D eigenvalue weighted by Gasteiger charge is -2.40. The van der Waals surface area contributed by atoms with E-state index >= 15 is 0 Å². The third-order valence-corrected chi connectivity index (χ3v) is 5.12. The van der Waals surface area contributed by atoms with Gasteiger partial charge in [-0.3, -0.25) is 4.79 Å². The normalized spacial score (nSPS) is 20.4. The fourth-order valence-corrected chi connectivity index (χ4v) is 3.70. The molecule has 2 unspecified atom stereocenters. The van der Waals surface area contributed by atoms with Crippen molar-refractivity contribution in [3.63, 3.8) is 0 Å². The van der Waals surface area contributed by atoms with Gasteiger partial charge in [-0.2, -0.15) is 0 Å². The number of nitrogens with one attached hydrogen (secondary N) is 2. The van der Waals surface area contributed by atoms with Gasteiger partial charge in [-0.25, -0.2) is 4.99 Å². The number of guanidine groups is 1. The molecule has 150 valence electrons. The maximum atomic E-state index is 11.9. The van der Waals surface area contributed by atoms with E-state index in [1.165, 1.54) is 5.56 Å². The van der Waals surface area contributed by atoms with Crippen molar-refractivity contribution in [1.82, 2.24) is 15.5 Å². The van der Waals surface area contributed by atoms with Crippen molar-refractivity contribution in [3.05, 3.63) is 35.9 Å². The van der Waals surface area contributed by atoms with Gasteiger partial charge in [-0.1, -0.05) is 43.7 Å². The Morgan fingerprint density at radius 1 is 1.26 bits per heavy atom. The number of aliphatic imine (C=N–C) groups is 1. The molecule has 1 fully saturated rings. The van der Waals surface area contributed by atoms with Gasteiger partial charge in [0.1, 0.15) is 6.54 Å². The molecule has 2 atom stereocenters. The molecular weight excluding hydrogens is 340 g/mol. The monoisotopic (exact) mass is 374 g/mol. The summed E-state index contributed by atoms with van der Waals surface area (Å²) in [5.74, 6) is 1.94. The Bertz CT molecular complexity index is 591. The van der Waals surface area contributed by atoms with Crippen molar-refractivity contribution >= 4 is 11.9 Å². The Labute approximate surface area is 163 Å². The van der Waals surface area contributed by atoms with E-state index in [0.29, 0.717) is 25.0 Å². The SMILES string of the molecule is CCNC(=NCC(=O)NCCOC)N1CCC(c2ccccc2)C(CC)C1. The van der Waals surface area contributed by atoms with Gasteiger partial charge in [0.25, 0.3) is 0 Å². The molecule has 1 aliphatic rings. The van der Waals surface area contributed by atoms with Gasteiger partial charge in [0.2, 0.25) is 5.91 Å². The molecule has 0 bridgehead atoms. The van der Waals surface area contributed by atoms with E-state index in [2.05, 4.69) is 64.7 Å². The van der Waals surface area contributed by atoms with Crippen LogP contribution < -0.4 is 10.6 Å². The van der Waals surface area contributed by atoms with Gasteiger partial charge < -0.3 is 20.3 Å². The van der Waals surface area contributed by atoms with Crippen LogP contribution in [0.5, 0.6) is 0 Å². The molecule has 0 aromatic heterocycles. The zero-order chi connectivity index (χ0) is 19.5. The molecule has 0 saturated carbocycles. The molecule has 0 radical (unpaired) electrons. The molecule has 1 saturated heterocycles. The predicted molar refractivity (Wildman–Crippen MR) is 110 cm³/mol. The van der Waals surface area contributed by atoms with Crippen LogP contribution in [0.25, 0.3) is 0 Å². The number of amides is 1. The number of likely N-dealkylation sites (tertiary alicyclic amines) is 1. The van der Waals surface area contributed by atoms with Crippen molar-refractivity contribution in [1.29, 1.82) is 0 Å². The Morgan fingerprint density at radius 2 is 2.04 bits per heavy atom. The minimum atomic E-state index is -0.0753. The fourth-order valence-electron chi connectivity index (χ4n) is 3.70. The maximum Gasteiger partial charge on any atom is 0.241 e. The molecule has 1 heterocycles. The number of benzene rings is 1. The Morgan fingerprint density at radius 3 is 2.70 bits per heavy atom. The maximum absolute atomic E-state index is 11.9. The summed E-state index contributed by atoms with van der Waals surface area (Å²) in [6.07, 6.45) is 2.24.